The fourth-order valence-electron chi connectivity index (χ4n) is 2.11. The summed E-state index contributed by atoms with van der Waals surface area (Å²) in [6.45, 7) is 0. The number of fused-ring (bicyclic) bond motifs is 3. The molecule has 1 heteroatoms. The number of hydrogen-bond acceptors (Lipinski definition) is 1. The van der Waals surface area contributed by atoms with Crippen molar-refractivity contribution in [1.82, 2.24) is 0 Å². The van der Waals surface area contributed by atoms with Crippen molar-refractivity contribution in [3.8, 4) is 0 Å². The predicted molar refractivity (Wildman–Crippen MR) is 53.5 cm³/mol. The van der Waals surface area contributed by atoms with Crippen molar-refractivity contribution in [2.24, 2.45) is 0 Å². The molecule has 66 valence electrons. The molecule has 0 saturated heterocycles. The molecule has 0 spiro atoms. The Morgan fingerprint density at radius 3 is 3.00 bits per heavy atom. The van der Waals surface area contributed by atoms with E-state index in [-0.39, 0.29) is 0 Å². The maximum Gasteiger partial charge on any atom is 0.130 e. The van der Waals surface area contributed by atoms with E-state index >= 15 is 0 Å². The lowest BCUT2D eigenvalue weighted by Crippen LogP contribution is -2.23. The van der Waals surface area contributed by atoms with Gasteiger partial charge >= 0.3 is 0 Å². The third kappa shape index (κ3) is 0.998. The minimum Gasteiger partial charge on any atom is -0.461 e. The Morgan fingerprint density at radius 2 is 2.00 bits per heavy atom. The van der Waals surface area contributed by atoms with Gasteiger partial charge in [0.2, 0.25) is 0 Å². The molecule has 2 aliphatic rings. The van der Waals surface area contributed by atoms with Crippen LogP contribution in [0.5, 0.6) is 0 Å². The van der Waals surface area contributed by atoms with E-state index in [1.54, 1.807) is 0 Å². The summed E-state index contributed by atoms with van der Waals surface area (Å²) in [6.07, 6.45) is 13.4. The highest BCUT2D eigenvalue weighted by Gasteiger charge is 2.12. The molecule has 0 radical (unpaired) electrons. The van der Waals surface area contributed by atoms with Gasteiger partial charge in [0.15, 0.2) is 0 Å². The minimum atomic E-state index is 1.07. The van der Waals surface area contributed by atoms with Crippen LogP contribution in [0.2, 0.25) is 0 Å². The van der Waals surface area contributed by atoms with E-state index in [1.165, 1.54) is 16.5 Å². The van der Waals surface area contributed by atoms with Crippen LogP contribution >= 0.6 is 0 Å². The van der Waals surface area contributed by atoms with E-state index in [0.29, 0.717) is 0 Å². The Hall–Kier alpha value is -1.24. The zero-order valence-electron chi connectivity index (χ0n) is 7.55. The molecule has 0 atom stereocenters. The van der Waals surface area contributed by atoms with Crippen molar-refractivity contribution < 1.29 is 4.42 Å². The number of rotatable bonds is 0. The van der Waals surface area contributed by atoms with E-state index in [4.69, 9.17) is 4.42 Å². The first-order chi connectivity index (χ1) is 6.45. The van der Waals surface area contributed by atoms with Crippen LogP contribution in [0, 0.1) is 0 Å². The summed E-state index contributed by atoms with van der Waals surface area (Å²) in [5.74, 6) is 1.18. The fourth-order valence-corrected chi connectivity index (χ4v) is 2.11. The van der Waals surface area contributed by atoms with Crippen LogP contribution in [0.1, 0.15) is 30.6 Å². The van der Waals surface area contributed by atoms with E-state index < -0.39 is 0 Å². The molecule has 3 rings (SSSR count). The number of hydrogen-bond donors (Lipinski definition) is 0. The van der Waals surface area contributed by atoms with E-state index in [1.807, 2.05) is 0 Å². The Morgan fingerprint density at radius 1 is 1.08 bits per heavy atom. The van der Waals surface area contributed by atoms with Crippen LogP contribution in [0.3, 0.4) is 0 Å². The van der Waals surface area contributed by atoms with Crippen LogP contribution in [0.4, 0.5) is 0 Å². The molecule has 0 saturated carbocycles. The normalized spacial score (nSPS) is 18.5. The van der Waals surface area contributed by atoms with Crippen molar-refractivity contribution >= 4 is 18.2 Å². The van der Waals surface area contributed by atoms with E-state index in [0.717, 1.165) is 31.1 Å². The molecule has 0 unspecified atom stereocenters. The molecule has 0 N–H and O–H groups in total. The molecule has 13 heavy (non-hydrogen) atoms. The zero-order valence-corrected chi connectivity index (χ0v) is 7.55. The summed E-state index contributed by atoms with van der Waals surface area (Å²) in [7, 11) is 0. The van der Waals surface area contributed by atoms with Gasteiger partial charge in [0, 0.05) is 17.2 Å². The molecule has 1 aromatic heterocycles. The largest absolute Gasteiger partial charge is 0.461 e. The Kier molecular flexibility index (Phi) is 1.45. The topological polar surface area (TPSA) is 13.1 Å². The van der Waals surface area contributed by atoms with Crippen LogP contribution in [0.15, 0.2) is 10.5 Å². The van der Waals surface area contributed by atoms with Gasteiger partial charge in [-0.1, -0.05) is 18.2 Å². The summed E-state index contributed by atoms with van der Waals surface area (Å²) < 4.78 is 5.79. The highest BCUT2D eigenvalue weighted by atomic mass is 16.3. The van der Waals surface area contributed by atoms with Gasteiger partial charge in [0.25, 0.3) is 0 Å². The fraction of sp³-hybridized carbons (Fsp3) is 0.333. The lowest BCUT2D eigenvalue weighted by molar-refractivity contribution is 0.477. The lowest BCUT2D eigenvalue weighted by atomic mass is 10.0. The first-order valence-corrected chi connectivity index (χ1v) is 4.94. The summed E-state index contributed by atoms with van der Waals surface area (Å²) in [6, 6.07) is 0. The third-order valence-corrected chi connectivity index (χ3v) is 2.76. The molecule has 0 aliphatic heterocycles. The van der Waals surface area contributed by atoms with Crippen molar-refractivity contribution in [2.75, 3.05) is 0 Å². The second-order valence-electron chi connectivity index (χ2n) is 3.64. The molecular weight excluding hydrogens is 160 g/mol. The molecule has 0 amide bonds. The van der Waals surface area contributed by atoms with Gasteiger partial charge < -0.3 is 4.42 Å². The lowest BCUT2D eigenvalue weighted by Gasteiger charge is -2.00. The van der Waals surface area contributed by atoms with Crippen LogP contribution in [-0.4, -0.2) is 0 Å². The molecule has 1 nitrogen and oxygen atoms in total. The highest BCUT2D eigenvalue weighted by molar-refractivity contribution is 5.57. The standard InChI is InChI=1S/C12H12O/c1-3-7-11-9(5-1)10-6-2-4-8-12(10)13-11/h1,5-6,8H,2-4,7H2. The van der Waals surface area contributed by atoms with E-state index in [2.05, 4.69) is 24.3 Å². The molecular formula is C12H12O. The summed E-state index contributed by atoms with van der Waals surface area (Å²) >= 11 is 0. The monoisotopic (exact) mass is 172 g/mol. The molecule has 1 heterocycles. The zero-order chi connectivity index (χ0) is 8.67. The minimum absolute atomic E-state index is 1.07. The third-order valence-electron chi connectivity index (χ3n) is 2.76. The maximum absolute atomic E-state index is 5.79. The first-order valence-electron chi connectivity index (χ1n) is 4.94. The highest BCUT2D eigenvalue weighted by Crippen LogP contribution is 2.15. The van der Waals surface area contributed by atoms with Crippen molar-refractivity contribution in [2.45, 2.75) is 25.7 Å². The number of aryl methyl sites for hydroxylation is 1. The average molecular weight is 172 g/mol. The summed E-state index contributed by atoms with van der Waals surface area (Å²) in [4.78, 5) is 0. The average Bonchev–Trinajstić information content (AvgIpc) is 2.56. The van der Waals surface area contributed by atoms with E-state index in [9.17, 15) is 0 Å². The van der Waals surface area contributed by atoms with Gasteiger partial charge in [-0.15, -0.1) is 0 Å². The number of allylic oxidation sites excluding steroid dienone is 1. The van der Waals surface area contributed by atoms with Gasteiger partial charge in [-0.3, -0.25) is 0 Å². The smallest absolute Gasteiger partial charge is 0.130 e. The Bertz CT molecular complexity index is 474. The molecule has 0 aromatic carbocycles. The molecule has 2 aliphatic carbocycles. The predicted octanol–water partition coefficient (Wildman–Crippen LogP) is 1.59. The molecule has 0 bridgehead atoms. The quantitative estimate of drug-likeness (QED) is 0.579. The van der Waals surface area contributed by atoms with Gasteiger partial charge in [-0.2, -0.15) is 0 Å². The van der Waals surface area contributed by atoms with Crippen molar-refractivity contribution in [1.29, 1.82) is 0 Å². The van der Waals surface area contributed by atoms with Crippen molar-refractivity contribution in [3.63, 3.8) is 0 Å². The van der Waals surface area contributed by atoms with Gasteiger partial charge in [-0.25, -0.2) is 0 Å². The van der Waals surface area contributed by atoms with Gasteiger partial charge in [0.1, 0.15) is 11.2 Å². The van der Waals surface area contributed by atoms with Crippen LogP contribution in [-0.2, 0) is 6.42 Å². The SMILES string of the molecule is C1=Cc2c(oc3c2=CCCC=3)CC1. The van der Waals surface area contributed by atoms with Gasteiger partial charge in [0.05, 0.1) is 0 Å². The molecule has 1 aromatic rings. The maximum atomic E-state index is 5.79. The van der Waals surface area contributed by atoms with Gasteiger partial charge in [-0.05, 0) is 25.3 Å². The Balaban J connectivity index is 2.41. The summed E-state index contributed by atoms with van der Waals surface area (Å²) in [5, 5.41) is 1.33. The molecule has 0 fully saturated rings. The summed E-state index contributed by atoms with van der Waals surface area (Å²) in [5.41, 5.74) is 2.43. The van der Waals surface area contributed by atoms with Crippen LogP contribution < -0.4 is 10.6 Å². The number of furan rings is 1. The van der Waals surface area contributed by atoms with Crippen LogP contribution in [0.25, 0.3) is 18.2 Å². The second-order valence-corrected chi connectivity index (χ2v) is 3.64. The first kappa shape index (κ1) is 7.19. The second kappa shape index (κ2) is 2.63. The Labute approximate surface area is 77.1 Å². The van der Waals surface area contributed by atoms with Crippen molar-refractivity contribution in [3.05, 3.63) is 28.0 Å².